The molecule has 0 saturated heterocycles. The maximum absolute atomic E-state index is 13.6. The second kappa shape index (κ2) is 3.97. The van der Waals surface area contributed by atoms with Gasteiger partial charge in [-0.3, -0.25) is 9.59 Å². The van der Waals surface area contributed by atoms with Gasteiger partial charge in [-0.25, -0.2) is 0 Å². The van der Waals surface area contributed by atoms with Gasteiger partial charge in [0, 0.05) is 11.1 Å². The molecule has 0 amide bonds. The van der Waals surface area contributed by atoms with E-state index >= 15 is 0 Å². The highest BCUT2D eigenvalue weighted by Crippen LogP contribution is 2.69. The summed E-state index contributed by atoms with van der Waals surface area (Å²) in [6.07, 6.45) is 0.490. The third-order valence-corrected chi connectivity index (χ3v) is 6.44. The zero-order valence-corrected chi connectivity index (χ0v) is 13.5. The van der Waals surface area contributed by atoms with Crippen molar-refractivity contribution in [3.8, 4) is 0 Å². The molecule has 0 fully saturated rings. The fourth-order valence-electron chi connectivity index (χ4n) is 5.66. The second-order valence-electron chi connectivity index (χ2n) is 7.24. The number of Topliss-reactive ketones (excluding diaryl/α,β-unsaturated/α-hetero) is 2. The number of benzene rings is 3. The zero-order chi connectivity index (χ0) is 16.8. The van der Waals surface area contributed by atoms with E-state index < -0.39 is 10.8 Å². The lowest BCUT2D eigenvalue weighted by molar-refractivity contribution is 0.0664. The molecule has 118 valence electrons. The van der Waals surface area contributed by atoms with Gasteiger partial charge < -0.3 is 0 Å². The van der Waals surface area contributed by atoms with Crippen LogP contribution < -0.4 is 0 Å². The maximum atomic E-state index is 13.6. The quantitative estimate of drug-likeness (QED) is 0.587. The molecule has 3 aliphatic carbocycles. The zero-order valence-electron chi connectivity index (χ0n) is 13.5. The molecule has 0 unspecified atom stereocenters. The minimum Gasteiger partial charge on any atom is -0.293 e. The fourth-order valence-corrected chi connectivity index (χ4v) is 5.66. The van der Waals surface area contributed by atoms with Gasteiger partial charge in [0.15, 0.2) is 11.6 Å². The monoisotopic (exact) mass is 322 g/mol. The molecule has 0 atom stereocenters. The van der Waals surface area contributed by atoms with Gasteiger partial charge in [-0.05, 0) is 28.7 Å². The molecule has 2 nitrogen and oxygen atoms in total. The Kier molecular flexibility index (Phi) is 2.11. The van der Waals surface area contributed by atoms with Crippen LogP contribution in [0, 0.1) is 5.41 Å². The Bertz CT molecular complexity index is 1060. The molecule has 2 heteroatoms. The van der Waals surface area contributed by atoms with E-state index in [1.807, 2.05) is 60.7 Å². The fraction of sp³-hybridized carbons (Fsp3) is 0.130. The van der Waals surface area contributed by atoms with E-state index in [4.69, 9.17) is 0 Å². The van der Waals surface area contributed by atoms with E-state index in [-0.39, 0.29) is 11.6 Å². The summed E-state index contributed by atoms with van der Waals surface area (Å²) >= 11 is 0. The van der Waals surface area contributed by atoms with Crippen LogP contribution in [-0.2, 0) is 11.8 Å². The lowest BCUT2D eigenvalue weighted by Crippen LogP contribution is -2.44. The van der Waals surface area contributed by atoms with E-state index in [2.05, 4.69) is 12.1 Å². The minimum absolute atomic E-state index is 0.0134. The second-order valence-corrected chi connectivity index (χ2v) is 7.24. The van der Waals surface area contributed by atoms with Crippen LogP contribution in [-0.4, -0.2) is 11.6 Å². The van der Waals surface area contributed by atoms with E-state index in [0.717, 1.165) is 22.3 Å². The molecule has 0 N–H and O–H groups in total. The van der Waals surface area contributed by atoms with Gasteiger partial charge in [-0.2, -0.15) is 0 Å². The highest BCUT2D eigenvalue weighted by molar-refractivity contribution is 6.29. The van der Waals surface area contributed by atoms with Crippen molar-refractivity contribution in [2.24, 2.45) is 5.41 Å². The number of carbonyl (C=O) groups is 2. The molecule has 0 saturated carbocycles. The lowest BCUT2D eigenvalue weighted by Gasteiger charge is -2.34. The van der Waals surface area contributed by atoms with Gasteiger partial charge in [-0.15, -0.1) is 0 Å². The largest absolute Gasteiger partial charge is 0.293 e. The lowest BCUT2D eigenvalue weighted by atomic mass is 9.63. The molecule has 6 rings (SSSR count). The molecular formula is C23H14O2. The first-order valence-electron chi connectivity index (χ1n) is 8.60. The van der Waals surface area contributed by atoms with Gasteiger partial charge in [-0.1, -0.05) is 72.8 Å². The predicted octanol–water partition coefficient (Wildman–Crippen LogP) is 3.96. The number of hydrogen-bond donors (Lipinski definition) is 0. The van der Waals surface area contributed by atoms with Gasteiger partial charge in [0.05, 0.1) is 5.41 Å². The van der Waals surface area contributed by atoms with Crippen LogP contribution in [0.1, 0.15) is 43.0 Å². The van der Waals surface area contributed by atoms with Crippen molar-refractivity contribution in [1.29, 1.82) is 0 Å². The first-order valence-corrected chi connectivity index (χ1v) is 8.60. The van der Waals surface area contributed by atoms with Crippen LogP contribution in [0.5, 0.6) is 0 Å². The Labute approximate surface area is 145 Å². The Hall–Kier alpha value is -3.00. The Morgan fingerprint density at radius 3 is 1.68 bits per heavy atom. The predicted molar refractivity (Wildman–Crippen MR) is 94.0 cm³/mol. The standard InChI is InChI=1S/C23H14O2/c24-20-15-8-2-5-11-18(15)23-17-10-4-1-7-14(17)13-22(20,23)21(25)16-9-3-6-12-19(16)23/h1-12H,13H2. The highest BCUT2D eigenvalue weighted by atomic mass is 16.2. The molecule has 3 aliphatic rings. The summed E-state index contributed by atoms with van der Waals surface area (Å²) in [6.45, 7) is 0. The molecule has 0 heterocycles. The van der Waals surface area contributed by atoms with E-state index in [0.29, 0.717) is 17.5 Å². The minimum atomic E-state index is -1.04. The van der Waals surface area contributed by atoms with Gasteiger partial charge in [0.2, 0.25) is 0 Å². The smallest absolute Gasteiger partial charge is 0.179 e. The Balaban J connectivity index is 1.90. The summed E-state index contributed by atoms with van der Waals surface area (Å²) in [7, 11) is 0. The molecule has 0 aliphatic heterocycles. The number of fused-ring (bicyclic) bond motifs is 3. The summed E-state index contributed by atoms with van der Waals surface area (Å²) in [5, 5.41) is 0. The van der Waals surface area contributed by atoms with Crippen molar-refractivity contribution in [2.45, 2.75) is 11.8 Å². The molecule has 3 aromatic rings. The molecule has 25 heavy (non-hydrogen) atoms. The average Bonchev–Trinajstić information content (AvgIpc) is 3.18. The maximum Gasteiger partial charge on any atom is 0.179 e. The number of carbonyl (C=O) groups excluding carboxylic acids is 2. The van der Waals surface area contributed by atoms with Gasteiger partial charge in [0.25, 0.3) is 0 Å². The number of hydrogen-bond acceptors (Lipinski definition) is 2. The van der Waals surface area contributed by atoms with E-state index in [9.17, 15) is 9.59 Å². The topological polar surface area (TPSA) is 34.1 Å². The number of rotatable bonds is 0. The normalized spacial score (nSPS) is 27.5. The van der Waals surface area contributed by atoms with Crippen molar-refractivity contribution in [3.63, 3.8) is 0 Å². The van der Waals surface area contributed by atoms with Crippen LogP contribution >= 0.6 is 0 Å². The average molecular weight is 322 g/mol. The third-order valence-electron chi connectivity index (χ3n) is 6.44. The van der Waals surface area contributed by atoms with Gasteiger partial charge >= 0.3 is 0 Å². The molecule has 0 aromatic heterocycles. The summed E-state index contributed by atoms with van der Waals surface area (Å²) < 4.78 is 0. The molecule has 0 radical (unpaired) electrons. The third kappa shape index (κ3) is 1.13. The Morgan fingerprint density at radius 2 is 1.08 bits per heavy atom. The first kappa shape index (κ1) is 13.3. The van der Waals surface area contributed by atoms with Gasteiger partial charge in [0.1, 0.15) is 5.41 Å². The van der Waals surface area contributed by atoms with Crippen molar-refractivity contribution < 1.29 is 9.59 Å². The SMILES string of the molecule is O=C1c2ccccc2C23c4ccccc4CC12C(=O)c1ccccc13. The molecule has 3 aromatic carbocycles. The van der Waals surface area contributed by atoms with Crippen molar-refractivity contribution in [1.82, 2.24) is 0 Å². The van der Waals surface area contributed by atoms with Crippen LogP contribution in [0.15, 0.2) is 72.8 Å². The summed E-state index contributed by atoms with van der Waals surface area (Å²) in [6, 6.07) is 23.7. The highest BCUT2D eigenvalue weighted by Gasteiger charge is 2.75. The summed E-state index contributed by atoms with van der Waals surface area (Å²) in [5.74, 6) is -0.0269. The summed E-state index contributed by atoms with van der Waals surface area (Å²) in [4.78, 5) is 27.2. The van der Waals surface area contributed by atoms with Crippen LogP contribution in [0.3, 0.4) is 0 Å². The van der Waals surface area contributed by atoms with Crippen molar-refractivity contribution in [2.75, 3.05) is 0 Å². The summed E-state index contributed by atoms with van der Waals surface area (Å²) in [5.41, 5.74) is 3.93. The van der Waals surface area contributed by atoms with Crippen LogP contribution in [0.25, 0.3) is 0 Å². The Morgan fingerprint density at radius 1 is 0.600 bits per heavy atom. The molecule has 0 bridgehead atoms. The molecular weight excluding hydrogens is 308 g/mol. The van der Waals surface area contributed by atoms with E-state index in [1.54, 1.807) is 0 Å². The van der Waals surface area contributed by atoms with Crippen LogP contribution in [0.2, 0.25) is 0 Å². The van der Waals surface area contributed by atoms with Crippen molar-refractivity contribution in [3.05, 3.63) is 106 Å². The number of ketones is 2. The van der Waals surface area contributed by atoms with Crippen LogP contribution in [0.4, 0.5) is 0 Å². The van der Waals surface area contributed by atoms with E-state index in [1.165, 1.54) is 0 Å². The first-order chi connectivity index (χ1) is 12.2. The van der Waals surface area contributed by atoms with Crippen molar-refractivity contribution >= 4 is 11.6 Å². The molecule has 0 spiro atoms.